The molecule has 2 rings (SSSR count). The van der Waals surface area contributed by atoms with E-state index in [-0.39, 0.29) is 6.10 Å². The quantitative estimate of drug-likeness (QED) is 0.772. The fraction of sp³-hybridized carbons (Fsp3) is 0.800. The number of hydrogen-bond acceptors (Lipinski definition) is 4. The summed E-state index contributed by atoms with van der Waals surface area (Å²) in [7, 11) is 0. The summed E-state index contributed by atoms with van der Waals surface area (Å²) in [6.45, 7) is 5.81. The van der Waals surface area contributed by atoms with Gasteiger partial charge in [-0.2, -0.15) is 0 Å². The van der Waals surface area contributed by atoms with Crippen molar-refractivity contribution < 1.29 is 4.74 Å². The van der Waals surface area contributed by atoms with E-state index in [0.29, 0.717) is 0 Å². The van der Waals surface area contributed by atoms with Crippen molar-refractivity contribution in [3.05, 3.63) is 12.2 Å². The Labute approximate surface area is 89.8 Å². The SMILES string of the molecule is CCCn1cnnc1CC1CNCCO1. The van der Waals surface area contributed by atoms with Gasteiger partial charge in [0.1, 0.15) is 12.2 Å². The summed E-state index contributed by atoms with van der Waals surface area (Å²) >= 11 is 0. The van der Waals surface area contributed by atoms with E-state index in [0.717, 1.165) is 44.9 Å². The predicted molar refractivity (Wildman–Crippen MR) is 56.6 cm³/mol. The van der Waals surface area contributed by atoms with Gasteiger partial charge in [-0.05, 0) is 6.42 Å². The molecule has 1 aliphatic rings. The molecule has 1 fully saturated rings. The number of nitrogens with zero attached hydrogens (tertiary/aromatic N) is 3. The lowest BCUT2D eigenvalue weighted by Gasteiger charge is -2.23. The lowest BCUT2D eigenvalue weighted by molar-refractivity contribution is 0.0275. The molecule has 0 aromatic carbocycles. The minimum Gasteiger partial charge on any atom is -0.375 e. The van der Waals surface area contributed by atoms with Gasteiger partial charge in [0, 0.05) is 26.1 Å². The zero-order valence-corrected chi connectivity index (χ0v) is 9.15. The lowest BCUT2D eigenvalue weighted by Crippen LogP contribution is -2.40. The molecule has 2 heterocycles. The molecule has 1 atom stereocenters. The van der Waals surface area contributed by atoms with Crippen LogP contribution in [0.3, 0.4) is 0 Å². The Balaban J connectivity index is 1.93. The van der Waals surface area contributed by atoms with Gasteiger partial charge in [0.15, 0.2) is 0 Å². The lowest BCUT2D eigenvalue weighted by atomic mass is 10.2. The Bertz CT molecular complexity index is 293. The summed E-state index contributed by atoms with van der Waals surface area (Å²) in [5, 5.41) is 11.4. The normalized spacial score (nSPS) is 21.8. The molecule has 1 saturated heterocycles. The van der Waals surface area contributed by atoms with Gasteiger partial charge >= 0.3 is 0 Å². The van der Waals surface area contributed by atoms with E-state index in [1.165, 1.54) is 0 Å². The maximum Gasteiger partial charge on any atom is 0.135 e. The number of ether oxygens (including phenoxy) is 1. The Morgan fingerprint density at radius 1 is 1.67 bits per heavy atom. The minimum absolute atomic E-state index is 0.249. The van der Waals surface area contributed by atoms with Crippen molar-refractivity contribution in [2.75, 3.05) is 19.7 Å². The van der Waals surface area contributed by atoms with Crippen molar-refractivity contribution in [3.63, 3.8) is 0 Å². The summed E-state index contributed by atoms with van der Waals surface area (Å²) in [5.41, 5.74) is 0. The van der Waals surface area contributed by atoms with E-state index in [2.05, 4.69) is 27.0 Å². The van der Waals surface area contributed by atoms with Gasteiger partial charge in [-0.1, -0.05) is 6.92 Å². The van der Waals surface area contributed by atoms with Crippen LogP contribution in [0.1, 0.15) is 19.2 Å². The molecular formula is C10H18N4O. The zero-order chi connectivity index (χ0) is 10.5. The first kappa shape index (κ1) is 10.6. The highest BCUT2D eigenvalue weighted by Gasteiger charge is 2.16. The monoisotopic (exact) mass is 210 g/mol. The molecule has 5 heteroatoms. The fourth-order valence-electron chi connectivity index (χ4n) is 1.82. The molecular weight excluding hydrogens is 192 g/mol. The van der Waals surface area contributed by atoms with E-state index in [1.807, 2.05) is 0 Å². The minimum atomic E-state index is 0.249. The topological polar surface area (TPSA) is 52.0 Å². The number of morpholine rings is 1. The Morgan fingerprint density at radius 3 is 3.33 bits per heavy atom. The first-order valence-corrected chi connectivity index (χ1v) is 5.59. The van der Waals surface area contributed by atoms with Crippen LogP contribution in [-0.4, -0.2) is 40.6 Å². The van der Waals surface area contributed by atoms with Crippen LogP contribution < -0.4 is 5.32 Å². The fourth-order valence-corrected chi connectivity index (χ4v) is 1.82. The molecule has 1 aliphatic heterocycles. The van der Waals surface area contributed by atoms with E-state index in [1.54, 1.807) is 6.33 Å². The summed E-state index contributed by atoms with van der Waals surface area (Å²) in [4.78, 5) is 0. The second-order valence-electron chi connectivity index (χ2n) is 3.84. The molecule has 15 heavy (non-hydrogen) atoms. The van der Waals surface area contributed by atoms with Gasteiger partial charge < -0.3 is 14.6 Å². The molecule has 0 aliphatic carbocycles. The average Bonchev–Trinajstić information content (AvgIpc) is 2.68. The van der Waals surface area contributed by atoms with E-state index in [9.17, 15) is 0 Å². The molecule has 0 spiro atoms. The molecule has 1 N–H and O–H groups in total. The molecule has 5 nitrogen and oxygen atoms in total. The smallest absolute Gasteiger partial charge is 0.135 e. The molecule has 84 valence electrons. The Hall–Kier alpha value is -0.940. The third-order valence-corrected chi connectivity index (χ3v) is 2.57. The highest BCUT2D eigenvalue weighted by atomic mass is 16.5. The van der Waals surface area contributed by atoms with E-state index < -0.39 is 0 Å². The van der Waals surface area contributed by atoms with Crippen molar-refractivity contribution in [2.24, 2.45) is 0 Å². The van der Waals surface area contributed by atoms with Crippen LogP contribution in [0.15, 0.2) is 6.33 Å². The number of aryl methyl sites for hydroxylation is 1. The van der Waals surface area contributed by atoms with Gasteiger partial charge in [0.2, 0.25) is 0 Å². The average molecular weight is 210 g/mol. The summed E-state index contributed by atoms with van der Waals surface area (Å²) < 4.78 is 7.75. The molecule has 0 bridgehead atoms. The molecule has 1 aromatic rings. The van der Waals surface area contributed by atoms with Crippen LogP contribution >= 0.6 is 0 Å². The predicted octanol–water partition coefficient (Wildman–Crippen LogP) is 0.219. The number of aromatic nitrogens is 3. The Kier molecular flexibility index (Phi) is 3.69. The molecule has 0 amide bonds. The largest absolute Gasteiger partial charge is 0.375 e. The zero-order valence-electron chi connectivity index (χ0n) is 9.15. The molecule has 1 unspecified atom stereocenters. The van der Waals surface area contributed by atoms with Gasteiger partial charge in [-0.25, -0.2) is 0 Å². The second-order valence-corrected chi connectivity index (χ2v) is 3.84. The van der Waals surface area contributed by atoms with Crippen LogP contribution in [0.2, 0.25) is 0 Å². The highest BCUT2D eigenvalue weighted by Crippen LogP contribution is 2.05. The van der Waals surface area contributed by atoms with Crippen LogP contribution in [0.25, 0.3) is 0 Å². The van der Waals surface area contributed by atoms with Gasteiger partial charge in [-0.3, -0.25) is 0 Å². The number of hydrogen-bond donors (Lipinski definition) is 1. The molecule has 0 radical (unpaired) electrons. The van der Waals surface area contributed by atoms with Gasteiger partial charge in [0.05, 0.1) is 12.7 Å². The molecule has 1 aromatic heterocycles. The third kappa shape index (κ3) is 2.76. The second kappa shape index (κ2) is 5.23. The first-order chi connectivity index (χ1) is 7.40. The van der Waals surface area contributed by atoms with Crippen molar-refractivity contribution in [2.45, 2.75) is 32.4 Å². The van der Waals surface area contributed by atoms with Crippen LogP contribution in [-0.2, 0) is 17.7 Å². The first-order valence-electron chi connectivity index (χ1n) is 5.59. The summed E-state index contributed by atoms with van der Waals surface area (Å²) in [6, 6.07) is 0. The maximum atomic E-state index is 5.64. The Morgan fingerprint density at radius 2 is 2.60 bits per heavy atom. The van der Waals surface area contributed by atoms with E-state index >= 15 is 0 Å². The highest BCUT2D eigenvalue weighted by molar-refractivity contribution is 4.90. The van der Waals surface area contributed by atoms with Gasteiger partial charge in [-0.15, -0.1) is 10.2 Å². The van der Waals surface area contributed by atoms with Crippen molar-refractivity contribution in [1.82, 2.24) is 20.1 Å². The molecule has 0 saturated carbocycles. The standard InChI is InChI=1S/C10H18N4O/c1-2-4-14-8-12-13-10(14)6-9-7-11-3-5-15-9/h8-9,11H,2-7H2,1H3. The maximum absolute atomic E-state index is 5.64. The summed E-state index contributed by atoms with van der Waals surface area (Å²) in [6.07, 6.45) is 4.01. The number of rotatable bonds is 4. The number of nitrogens with one attached hydrogen (secondary N) is 1. The third-order valence-electron chi connectivity index (χ3n) is 2.57. The van der Waals surface area contributed by atoms with E-state index in [4.69, 9.17) is 4.74 Å². The van der Waals surface area contributed by atoms with Crippen molar-refractivity contribution in [1.29, 1.82) is 0 Å². The van der Waals surface area contributed by atoms with Crippen LogP contribution in [0.4, 0.5) is 0 Å². The van der Waals surface area contributed by atoms with Crippen molar-refractivity contribution in [3.8, 4) is 0 Å². The van der Waals surface area contributed by atoms with Crippen LogP contribution in [0.5, 0.6) is 0 Å². The summed E-state index contributed by atoms with van der Waals surface area (Å²) in [5.74, 6) is 1.03. The van der Waals surface area contributed by atoms with Crippen LogP contribution in [0, 0.1) is 0 Å². The van der Waals surface area contributed by atoms with Crippen molar-refractivity contribution >= 4 is 0 Å². The van der Waals surface area contributed by atoms with Gasteiger partial charge in [0.25, 0.3) is 0 Å².